The molecule has 7 rings (SSSR count). The first kappa shape index (κ1) is 40.4. The lowest BCUT2D eigenvalue weighted by molar-refractivity contribution is -0.133. The Balaban J connectivity index is 1.04. The van der Waals surface area contributed by atoms with Gasteiger partial charge in [-0.3, -0.25) is 33.5 Å². The van der Waals surface area contributed by atoms with E-state index >= 15 is 8.78 Å². The monoisotopic (exact) mass is 827 g/mol. The summed E-state index contributed by atoms with van der Waals surface area (Å²) in [5.74, 6) is -3.76. The number of nitrogens with zero attached hydrogens (tertiary/aromatic N) is 6. The average molecular weight is 828 g/mol. The van der Waals surface area contributed by atoms with Gasteiger partial charge in [-0.2, -0.15) is 0 Å². The summed E-state index contributed by atoms with van der Waals surface area (Å²) in [6, 6.07) is 9.49. The van der Waals surface area contributed by atoms with Crippen LogP contribution >= 0.6 is 0 Å². The molecular formula is C39H35F2N9O8S. The molecular weight excluding hydrogens is 793 g/mol. The summed E-state index contributed by atoms with van der Waals surface area (Å²) in [6.45, 7) is 1.29. The fourth-order valence-corrected chi connectivity index (χ4v) is 7.56. The minimum absolute atomic E-state index is 0.0211. The van der Waals surface area contributed by atoms with Crippen LogP contribution in [0.1, 0.15) is 40.5 Å². The van der Waals surface area contributed by atoms with Crippen LogP contribution in [-0.2, 0) is 37.9 Å². The molecule has 0 aliphatic carbocycles. The molecule has 304 valence electrons. The van der Waals surface area contributed by atoms with Crippen LogP contribution in [0.15, 0.2) is 100 Å². The third-order valence-electron chi connectivity index (χ3n) is 9.68. The highest BCUT2D eigenvalue weighted by Crippen LogP contribution is 2.27. The van der Waals surface area contributed by atoms with E-state index in [1.807, 2.05) is 4.72 Å². The van der Waals surface area contributed by atoms with Crippen LogP contribution in [0.2, 0.25) is 0 Å². The van der Waals surface area contributed by atoms with Gasteiger partial charge in [0.2, 0.25) is 0 Å². The summed E-state index contributed by atoms with van der Waals surface area (Å²) >= 11 is 0. The van der Waals surface area contributed by atoms with Gasteiger partial charge in [0.1, 0.15) is 29.3 Å². The summed E-state index contributed by atoms with van der Waals surface area (Å²) in [5, 5.41) is 2.55. The van der Waals surface area contributed by atoms with Crippen molar-refractivity contribution in [2.45, 2.75) is 36.1 Å². The van der Waals surface area contributed by atoms with Crippen molar-refractivity contribution in [3.05, 3.63) is 135 Å². The number of halogens is 2. The molecule has 1 aliphatic heterocycles. The summed E-state index contributed by atoms with van der Waals surface area (Å²) in [4.78, 5) is 73.9. The smallest absolute Gasteiger partial charge is 0.337 e. The lowest BCUT2D eigenvalue weighted by Gasteiger charge is -2.20. The van der Waals surface area contributed by atoms with E-state index in [2.05, 4.69) is 30.7 Å². The molecule has 0 unspecified atom stereocenters. The molecule has 0 saturated carbocycles. The number of ether oxygens (including phenoxy) is 1. The first-order valence-corrected chi connectivity index (χ1v) is 19.5. The molecule has 2 aromatic carbocycles. The molecule has 5 heterocycles. The predicted octanol–water partition coefficient (Wildman–Crippen LogP) is 2.93. The zero-order chi connectivity index (χ0) is 41.8. The van der Waals surface area contributed by atoms with Gasteiger partial charge in [-0.05, 0) is 54.3 Å². The summed E-state index contributed by atoms with van der Waals surface area (Å²) in [7, 11) is -1.80. The van der Waals surface area contributed by atoms with Gasteiger partial charge in [0, 0.05) is 69.0 Å². The number of rotatable bonds is 12. The lowest BCUT2D eigenvalue weighted by Crippen LogP contribution is -2.48. The van der Waals surface area contributed by atoms with Gasteiger partial charge < -0.3 is 10.1 Å². The van der Waals surface area contributed by atoms with Gasteiger partial charge in [0.05, 0.1) is 40.4 Å². The van der Waals surface area contributed by atoms with Crippen molar-refractivity contribution < 1.29 is 36.4 Å². The van der Waals surface area contributed by atoms with E-state index in [9.17, 15) is 27.6 Å². The number of carbonyl (C=O) groups excluding carboxylic acids is 2. The van der Waals surface area contributed by atoms with E-state index in [-0.39, 0.29) is 28.4 Å². The molecule has 1 saturated heterocycles. The van der Waals surface area contributed by atoms with Crippen molar-refractivity contribution in [1.29, 1.82) is 0 Å². The molecule has 1 aliphatic rings. The Morgan fingerprint density at radius 3 is 2.34 bits per heavy atom. The predicted molar refractivity (Wildman–Crippen MR) is 208 cm³/mol. The zero-order valence-corrected chi connectivity index (χ0v) is 32.2. The Hall–Kier alpha value is -6.77. The van der Waals surface area contributed by atoms with Crippen molar-refractivity contribution in [2.75, 3.05) is 25.0 Å². The maximum absolute atomic E-state index is 15.4. The van der Waals surface area contributed by atoms with Crippen LogP contribution in [0, 0.1) is 11.6 Å². The molecule has 3 N–H and O–H groups in total. The molecule has 1 atom stereocenters. The Bertz CT molecular complexity index is 2780. The number of hydrogen-bond acceptors (Lipinski definition) is 12. The molecule has 0 radical (unpaired) electrons. The molecule has 59 heavy (non-hydrogen) atoms. The lowest BCUT2D eigenvalue weighted by atomic mass is 9.99. The van der Waals surface area contributed by atoms with Crippen molar-refractivity contribution in [1.82, 2.24) is 39.9 Å². The van der Waals surface area contributed by atoms with Gasteiger partial charge in [0.15, 0.2) is 0 Å². The Morgan fingerprint density at radius 2 is 1.66 bits per heavy atom. The number of fused-ring (bicyclic) bond motifs is 1. The van der Waals surface area contributed by atoms with Gasteiger partial charge >= 0.3 is 5.69 Å². The van der Waals surface area contributed by atoms with Gasteiger partial charge in [0.25, 0.3) is 27.4 Å². The van der Waals surface area contributed by atoms with Crippen molar-refractivity contribution in [2.24, 2.45) is 7.05 Å². The fraction of sp³-hybridized carbons (Fsp3) is 0.231. The van der Waals surface area contributed by atoms with Crippen LogP contribution in [0.3, 0.4) is 0 Å². The standard InChI is InChI=1S/C39H35F2N9O8S/c1-49-33-21-42-12-9-27(33)38(53)50(39(49)54)34-8-3-22(18-43-34)15-32(37(52)47-57-2)46-36(51)28-16-30(41)31(17-29(28)40)48-59(55,56)26-6-4-23(5-7-26)25-19-44-35(45-20-25)24-10-13-58-14-11-24/h3-9,12,16-21,24,32,48H,10-11,13-15H2,1-2H3,(H,46,51)(H,47,52)/t32-/m0/s1. The van der Waals surface area contributed by atoms with E-state index in [1.54, 1.807) is 12.4 Å². The second kappa shape index (κ2) is 17.0. The summed E-state index contributed by atoms with van der Waals surface area (Å²) in [6.07, 6.45) is 8.78. The van der Waals surface area contributed by atoms with E-state index in [0.717, 1.165) is 24.5 Å². The number of aryl methyl sites for hydroxylation is 1. The highest BCUT2D eigenvalue weighted by atomic mass is 32.2. The van der Waals surface area contributed by atoms with E-state index < -0.39 is 62.0 Å². The SMILES string of the molecule is CONC(=O)[C@H](Cc1ccc(-n2c(=O)c3ccncc3n(C)c2=O)nc1)NC(=O)c1cc(F)c(NS(=O)(=O)c2ccc(-c3cnc(C4CCOCC4)nc3)cc2)cc1F. The molecule has 0 bridgehead atoms. The first-order chi connectivity index (χ1) is 28.3. The van der Waals surface area contributed by atoms with Crippen LogP contribution in [0.4, 0.5) is 14.5 Å². The van der Waals surface area contributed by atoms with Crippen molar-refractivity contribution in [3.8, 4) is 16.9 Å². The summed E-state index contributed by atoms with van der Waals surface area (Å²) in [5.41, 5.74) is 1.12. The Kier molecular flexibility index (Phi) is 11.6. The van der Waals surface area contributed by atoms with Crippen LogP contribution in [0.25, 0.3) is 27.8 Å². The number of carbonyl (C=O) groups is 2. The second-order valence-corrected chi connectivity index (χ2v) is 15.1. The summed E-state index contributed by atoms with van der Waals surface area (Å²) < 4.78 is 66.6. The molecule has 6 aromatic rings. The number of hydroxylamine groups is 1. The van der Waals surface area contributed by atoms with E-state index in [4.69, 9.17) is 9.57 Å². The van der Waals surface area contributed by atoms with E-state index in [1.165, 1.54) is 72.7 Å². The van der Waals surface area contributed by atoms with Crippen LogP contribution < -0.4 is 26.8 Å². The molecule has 4 aromatic heterocycles. The molecule has 1 fully saturated rings. The quantitative estimate of drug-likeness (QED) is 0.152. The number of anilines is 1. The van der Waals surface area contributed by atoms with Gasteiger partial charge in [-0.25, -0.2) is 47.0 Å². The van der Waals surface area contributed by atoms with Crippen molar-refractivity contribution >= 4 is 38.4 Å². The number of pyridine rings is 2. The highest BCUT2D eigenvalue weighted by molar-refractivity contribution is 7.92. The molecule has 0 spiro atoms. The maximum Gasteiger partial charge on any atom is 0.337 e. The van der Waals surface area contributed by atoms with Gasteiger partial charge in [-0.15, -0.1) is 0 Å². The normalized spacial score (nSPS) is 13.8. The average Bonchev–Trinajstić information content (AvgIpc) is 3.25. The minimum Gasteiger partial charge on any atom is -0.381 e. The number of benzene rings is 2. The highest BCUT2D eigenvalue weighted by Gasteiger charge is 2.27. The van der Waals surface area contributed by atoms with Crippen LogP contribution in [0.5, 0.6) is 0 Å². The number of nitrogens with one attached hydrogen (secondary N) is 3. The number of aromatic nitrogens is 6. The van der Waals surface area contributed by atoms with E-state index in [0.29, 0.717) is 53.4 Å². The van der Waals surface area contributed by atoms with Gasteiger partial charge in [-0.1, -0.05) is 18.2 Å². The zero-order valence-electron chi connectivity index (χ0n) is 31.4. The van der Waals surface area contributed by atoms with Crippen LogP contribution in [-0.4, -0.2) is 75.7 Å². The topological polar surface area (TPSA) is 218 Å². The number of sulfonamides is 1. The minimum atomic E-state index is -4.43. The maximum atomic E-state index is 15.4. The number of hydrogen-bond donors (Lipinski definition) is 3. The molecule has 17 nitrogen and oxygen atoms in total. The fourth-order valence-electron chi connectivity index (χ4n) is 6.50. The second-order valence-electron chi connectivity index (χ2n) is 13.5. The molecule has 2 amide bonds. The Labute approximate surface area is 334 Å². The van der Waals surface area contributed by atoms with Crippen molar-refractivity contribution in [3.63, 3.8) is 0 Å². The molecule has 20 heteroatoms. The Morgan fingerprint density at radius 1 is 0.932 bits per heavy atom. The number of amides is 2. The third kappa shape index (κ3) is 8.59. The first-order valence-electron chi connectivity index (χ1n) is 18.0. The third-order valence-corrected chi connectivity index (χ3v) is 11.1. The largest absolute Gasteiger partial charge is 0.381 e.